The number of halogens is 1. The van der Waals surface area contributed by atoms with Crippen molar-refractivity contribution < 1.29 is 13.7 Å². The highest BCUT2D eigenvalue weighted by Gasteiger charge is 2.30. The maximum absolute atomic E-state index is 12.1. The van der Waals surface area contributed by atoms with E-state index in [0.717, 1.165) is 12.0 Å². The van der Waals surface area contributed by atoms with Gasteiger partial charge >= 0.3 is 0 Å². The van der Waals surface area contributed by atoms with Crippen molar-refractivity contribution >= 4 is 38.5 Å². The number of hydrogen-bond donors (Lipinski definition) is 0. The van der Waals surface area contributed by atoms with Crippen LogP contribution in [0.2, 0.25) is 0 Å². The molecule has 1 amide bonds. The van der Waals surface area contributed by atoms with Gasteiger partial charge in [-0.25, -0.2) is 4.98 Å². The summed E-state index contributed by atoms with van der Waals surface area (Å²) in [5, 5.41) is 0. The van der Waals surface area contributed by atoms with E-state index in [-0.39, 0.29) is 18.6 Å². The van der Waals surface area contributed by atoms with E-state index in [9.17, 15) is 9.00 Å². The summed E-state index contributed by atoms with van der Waals surface area (Å²) < 4.78 is 17.3. The van der Waals surface area contributed by atoms with Crippen LogP contribution >= 0.6 is 15.9 Å². The molecule has 1 unspecified atom stereocenters. The molecule has 2 rings (SSSR count). The molecule has 0 aromatic carbocycles. The zero-order valence-corrected chi connectivity index (χ0v) is 13.9. The molecule has 1 fully saturated rings. The Morgan fingerprint density at radius 2 is 2.30 bits per heavy atom. The summed E-state index contributed by atoms with van der Waals surface area (Å²) in [6.45, 7) is 2.62. The molecule has 5 nitrogen and oxygen atoms in total. The van der Waals surface area contributed by atoms with Gasteiger partial charge in [-0.3, -0.25) is 13.9 Å². The second-order valence-corrected chi connectivity index (χ2v) is 6.96. The Balaban J connectivity index is 2.36. The first-order chi connectivity index (χ1) is 9.51. The van der Waals surface area contributed by atoms with Crippen LogP contribution in [0.25, 0.3) is 0 Å². The van der Waals surface area contributed by atoms with E-state index in [0.29, 0.717) is 22.8 Å². The van der Waals surface area contributed by atoms with Gasteiger partial charge in [0.15, 0.2) is 0 Å². The summed E-state index contributed by atoms with van der Waals surface area (Å²) in [5.74, 6) is 0.959. The number of nitrogens with zero attached hydrogens (tertiary/aromatic N) is 2. The maximum atomic E-state index is 12.1. The lowest BCUT2D eigenvalue weighted by Crippen LogP contribution is -2.49. The van der Waals surface area contributed by atoms with Crippen LogP contribution < -0.4 is 4.90 Å². The molecule has 0 saturated carbocycles. The van der Waals surface area contributed by atoms with Crippen LogP contribution in [-0.2, 0) is 26.1 Å². The molecule has 1 saturated heterocycles. The van der Waals surface area contributed by atoms with Gasteiger partial charge in [0.1, 0.15) is 17.0 Å². The lowest BCUT2D eigenvalue weighted by molar-refractivity contribution is -0.127. The van der Waals surface area contributed by atoms with E-state index in [1.54, 1.807) is 11.2 Å². The van der Waals surface area contributed by atoms with Gasteiger partial charge in [-0.1, -0.05) is 6.92 Å². The van der Waals surface area contributed by atoms with Crippen molar-refractivity contribution in [1.29, 1.82) is 0 Å². The molecule has 1 aromatic heterocycles. The van der Waals surface area contributed by atoms with Crippen LogP contribution in [0.4, 0.5) is 5.82 Å². The van der Waals surface area contributed by atoms with E-state index in [4.69, 9.17) is 4.74 Å². The molecule has 0 N–H and O–H groups in total. The molecule has 0 bridgehead atoms. The highest BCUT2D eigenvalue weighted by Crippen LogP contribution is 2.24. The molecule has 20 heavy (non-hydrogen) atoms. The number of pyridine rings is 1. The SMILES string of the molecule is CC[C@H]1COCC(=O)N1c1cc(CS(C)=O)cc(Br)n1. The van der Waals surface area contributed by atoms with E-state index >= 15 is 0 Å². The fourth-order valence-electron chi connectivity index (χ4n) is 2.22. The minimum atomic E-state index is -0.934. The fraction of sp³-hybridized carbons (Fsp3) is 0.538. The second kappa shape index (κ2) is 6.78. The normalized spacial score (nSPS) is 21.1. The number of ether oxygens (including phenoxy) is 1. The number of carbonyl (C=O) groups is 1. The molecule has 1 aliphatic heterocycles. The van der Waals surface area contributed by atoms with Crippen molar-refractivity contribution in [2.45, 2.75) is 25.1 Å². The number of aromatic nitrogens is 1. The highest BCUT2D eigenvalue weighted by atomic mass is 79.9. The van der Waals surface area contributed by atoms with Crippen molar-refractivity contribution in [3.63, 3.8) is 0 Å². The Kier molecular flexibility index (Phi) is 5.29. The Morgan fingerprint density at radius 1 is 1.55 bits per heavy atom. The van der Waals surface area contributed by atoms with Crippen molar-refractivity contribution in [3.05, 3.63) is 22.3 Å². The second-order valence-electron chi connectivity index (χ2n) is 4.71. The van der Waals surface area contributed by atoms with Crippen molar-refractivity contribution in [1.82, 2.24) is 4.98 Å². The molecule has 2 heterocycles. The van der Waals surface area contributed by atoms with Gasteiger partial charge < -0.3 is 4.74 Å². The summed E-state index contributed by atoms with van der Waals surface area (Å²) in [7, 11) is -0.934. The van der Waals surface area contributed by atoms with Gasteiger partial charge in [-0.15, -0.1) is 0 Å². The highest BCUT2D eigenvalue weighted by molar-refractivity contribution is 9.10. The lowest BCUT2D eigenvalue weighted by Gasteiger charge is -2.34. The molecular weight excluding hydrogens is 344 g/mol. The molecule has 7 heteroatoms. The summed E-state index contributed by atoms with van der Waals surface area (Å²) in [6, 6.07) is 3.66. The Bertz CT molecular complexity index is 538. The Hall–Kier alpha value is -0.790. The number of anilines is 1. The minimum Gasteiger partial charge on any atom is -0.369 e. The molecule has 0 aliphatic carbocycles. The Labute approximate surface area is 129 Å². The van der Waals surface area contributed by atoms with Gasteiger partial charge in [0.2, 0.25) is 0 Å². The number of amides is 1. The number of carbonyl (C=O) groups excluding carboxylic acids is 1. The first-order valence-corrected chi connectivity index (χ1v) is 8.89. The van der Waals surface area contributed by atoms with Crippen molar-refractivity contribution in [3.8, 4) is 0 Å². The molecule has 1 aromatic rings. The van der Waals surface area contributed by atoms with E-state index < -0.39 is 10.8 Å². The quantitative estimate of drug-likeness (QED) is 0.769. The van der Waals surface area contributed by atoms with Crippen molar-refractivity contribution in [2.24, 2.45) is 0 Å². The minimum absolute atomic E-state index is 0.00183. The zero-order valence-electron chi connectivity index (χ0n) is 11.5. The number of hydrogen-bond acceptors (Lipinski definition) is 4. The molecule has 110 valence electrons. The fourth-order valence-corrected chi connectivity index (χ4v) is 3.33. The number of morpholine rings is 1. The topological polar surface area (TPSA) is 59.5 Å². The molecule has 2 atom stereocenters. The van der Waals surface area contributed by atoms with Gasteiger partial charge in [0, 0.05) is 22.8 Å². The first kappa shape index (κ1) is 15.6. The van der Waals surface area contributed by atoms with Gasteiger partial charge in [0.05, 0.1) is 12.6 Å². The third-order valence-electron chi connectivity index (χ3n) is 3.10. The van der Waals surface area contributed by atoms with E-state index in [1.807, 2.05) is 19.1 Å². The third kappa shape index (κ3) is 3.65. The van der Waals surface area contributed by atoms with Crippen LogP contribution in [-0.4, -0.2) is 40.6 Å². The van der Waals surface area contributed by atoms with Crippen LogP contribution in [0, 0.1) is 0 Å². The van der Waals surface area contributed by atoms with Gasteiger partial charge in [-0.2, -0.15) is 0 Å². The van der Waals surface area contributed by atoms with Crippen LogP contribution in [0.15, 0.2) is 16.7 Å². The average molecular weight is 361 g/mol. The molecule has 1 aliphatic rings. The van der Waals surface area contributed by atoms with E-state index in [2.05, 4.69) is 20.9 Å². The van der Waals surface area contributed by atoms with Crippen LogP contribution in [0.5, 0.6) is 0 Å². The van der Waals surface area contributed by atoms with Crippen LogP contribution in [0.1, 0.15) is 18.9 Å². The van der Waals surface area contributed by atoms with E-state index in [1.165, 1.54) is 0 Å². The summed E-state index contributed by atoms with van der Waals surface area (Å²) in [6.07, 6.45) is 2.46. The molecule has 0 radical (unpaired) electrons. The molecule has 0 spiro atoms. The van der Waals surface area contributed by atoms with Crippen LogP contribution in [0.3, 0.4) is 0 Å². The average Bonchev–Trinajstić information content (AvgIpc) is 2.36. The smallest absolute Gasteiger partial charge is 0.254 e. The summed E-state index contributed by atoms with van der Waals surface area (Å²) >= 11 is 3.35. The number of rotatable bonds is 4. The Morgan fingerprint density at radius 3 is 2.95 bits per heavy atom. The summed E-state index contributed by atoms with van der Waals surface area (Å²) in [5.41, 5.74) is 0.900. The largest absolute Gasteiger partial charge is 0.369 e. The first-order valence-electron chi connectivity index (χ1n) is 6.37. The zero-order chi connectivity index (χ0) is 14.7. The maximum Gasteiger partial charge on any atom is 0.254 e. The molecular formula is C13H17BrN2O3S. The van der Waals surface area contributed by atoms with Crippen molar-refractivity contribution in [2.75, 3.05) is 24.4 Å². The summed E-state index contributed by atoms with van der Waals surface area (Å²) in [4.78, 5) is 18.2. The standard InChI is InChI=1S/C13H17BrN2O3S/c1-3-10-6-19-7-13(17)16(10)12-5-9(8-20(2)18)4-11(14)15-12/h4-5,10H,3,6-8H2,1-2H3/t10-,20?/m0/s1. The monoisotopic (exact) mass is 360 g/mol. The predicted octanol–water partition coefficient (Wildman–Crippen LogP) is 1.86. The third-order valence-corrected chi connectivity index (χ3v) is 4.24. The lowest BCUT2D eigenvalue weighted by atomic mass is 10.1. The van der Waals surface area contributed by atoms with Gasteiger partial charge in [0.25, 0.3) is 5.91 Å². The van der Waals surface area contributed by atoms with Gasteiger partial charge in [-0.05, 0) is 40.0 Å². The predicted molar refractivity (Wildman–Crippen MR) is 82.1 cm³/mol.